The van der Waals surface area contributed by atoms with Gasteiger partial charge in [-0.2, -0.15) is 0 Å². The second-order valence-electron chi connectivity index (χ2n) is 5.76. The minimum absolute atomic E-state index is 0.484. The number of para-hydroxylation sites is 1. The molecule has 0 unspecified atom stereocenters. The molecule has 0 atom stereocenters. The first-order chi connectivity index (χ1) is 12.2. The van der Waals surface area contributed by atoms with E-state index in [1.54, 1.807) is 0 Å². The second-order valence-corrected chi connectivity index (χ2v) is 5.76. The second kappa shape index (κ2) is 10.3. The van der Waals surface area contributed by atoms with E-state index in [-0.39, 0.29) is 0 Å². The topological polar surface area (TPSA) is 76.4 Å². The quantitative estimate of drug-likeness (QED) is 0.414. The number of hydrogen-bond acceptors (Lipinski definition) is 4. The van der Waals surface area contributed by atoms with E-state index >= 15 is 0 Å². The molecule has 2 rings (SSSR count). The first kappa shape index (κ1) is 18.8. The third kappa shape index (κ3) is 6.45. The smallest absolute Gasteiger partial charge is 0.191 e. The lowest BCUT2D eigenvalue weighted by Gasteiger charge is -2.13. The molecule has 2 aromatic rings. The Labute approximate surface area is 149 Å². The van der Waals surface area contributed by atoms with Crippen molar-refractivity contribution < 1.29 is 4.74 Å². The molecule has 1 aromatic carbocycles. The predicted octanol–water partition coefficient (Wildman–Crippen LogP) is 2.04. The standard InChI is InChI=1S/C18H28N6O/c1-4-5-11-19-18(21-14-17-23-22-15(2)24(17)3)20-12-13-25-16-9-7-6-8-10-16/h6-10H,4-5,11-14H2,1-3H3,(H2,19,20,21). The monoisotopic (exact) mass is 344 g/mol. The number of rotatable bonds is 9. The average molecular weight is 344 g/mol. The molecule has 1 aromatic heterocycles. The maximum Gasteiger partial charge on any atom is 0.191 e. The van der Waals surface area contributed by atoms with Crippen LogP contribution in [0, 0.1) is 6.92 Å². The fraction of sp³-hybridized carbons (Fsp3) is 0.500. The van der Waals surface area contributed by atoms with Gasteiger partial charge >= 0.3 is 0 Å². The number of aliphatic imine (C=N–C) groups is 1. The Morgan fingerprint density at radius 3 is 2.60 bits per heavy atom. The molecule has 0 radical (unpaired) electrons. The Hall–Kier alpha value is -2.57. The molecule has 0 saturated heterocycles. The van der Waals surface area contributed by atoms with Crippen LogP contribution in [0.2, 0.25) is 0 Å². The number of ether oxygens (including phenoxy) is 1. The maximum absolute atomic E-state index is 5.70. The molecule has 0 spiro atoms. The van der Waals surface area contributed by atoms with Crippen molar-refractivity contribution in [3.63, 3.8) is 0 Å². The minimum atomic E-state index is 0.484. The van der Waals surface area contributed by atoms with E-state index in [0.29, 0.717) is 19.7 Å². The van der Waals surface area contributed by atoms with Crippen LogP contribution >= 0.6 is 0 Å². The Morgan fingerprint density at radius 2 is 1.92 bits per heavy atom. The summed E-state index contributed by atoms with van der Waals surface area (Å²) >= 11 is 0. The van der Waals surface area contributed by atoms with E-state index in [1.807, 2.05) is 48.9 Å². The highest BCUT2D eigenvalue weighted by Crippen LogP contribution is 2.07. The number of hydrogen-bond donors (Lipinski definition) is 2. The fourth-order valence-electron chi connectivity index (χ4n) is 2.15. The maximum atomic E-state index is 5.70. The van der Waals surface area contributed by atoms with Gasteiger partial charge in [0.2, 0.25) is 0 Å². The molecule has 136 valence electrons. The van der Waals surface area contributed by atoms with E-state index in [1.165, 1.54) is 0 Å². The number of nitrogens with one attached hydrogen (secondary N) is 2. The van der Waals surface area contributed by atoms with Crippen LogP contribution in [0.3, 0.4) is 0 Å². The molecule has 0 amide bonds. The van der Waals surface area contributed by atoms with Crippen LogP contribution in [0.5, 0.6) is 5.75 Å². The summed E-state index contributed by atoms with van der Waals surface area (Å²) in [5.74, 6) is 3.37. The molecular formula is C18H28N6O. The first-order valence-corrected chi connectivity index (χ1v) is 8.75. The molecule has 7 nitrogen and oxygen atoms in total. The zero-order valence-electron chi connectivity index (χ0n) is 15.3. The molecule has 2 N–H and O–H groups in total. The summed E-state index contributed by atoms with van der Waals surface area (Å²) in [4.78, 5) is 4.60. The third-order valence-corrected chi connectivity index (χ3v) is 3.79. The number of aromatic nitrogens is 3. The molecular weight excluding hydrogens is 316 g/mol. The van der Waals surface area contributed by atoms with Gasteiger partial charge in [-0.3, -0.25) is 0 Å². The summed E-state index contributed by atoms with van der Waals surface area (Å²) in [6.07, 6.45) is 2.24. The summed E-state index contributed by atoms with van der Waals surface area (Å²) in [6, 6.07) is 9.80. The zero-order valence-corrected chi connectivity index (χ0v) is 15.3. The van der Waals surface area contributed by atoms with E-state index in [2.05, 4.69) is 32.7 Å². The summed E-state index contributed by atoms with van der Waals surface area (Å²) in [5, 5.41) is 14.9. The van der Waals surface area contributed by atoms with Gasteiger partial charge in [0.05, 0.1) is 6.54 Å². The summed E-state index contributed by atoms with van der Waals surface area (Å²) in [6.45, 7) is 6.71. The highest BCUT2D eigenvalue weighted by Gasteiger charge is 2.05. The Balaban J connectivity index is 1.83. The van der Waals surface area contributed by atoms with Gasteiger partial charge in [0.25, 0.3) is 0 Å². The van der Waals surface area contributed by atoms with Crippen LogP contribution in [0.1, 0.15) is 31.4 Å². The fourth-order valence-corrected chi connectivity index (χ4v) is 2.15. The number of aryl methyl sites for hydroxylation is 1. The number of nitrogens with zero attached hydrogens (tertiary/aromatic N) is 4. The van der Waals surface area contributed by atoms with E-state index in [4.69, 9.17) is 4.74 Å². The number of benzene rings is 1. The SMILES string of the molecule is CCCCNC(=NCc1nnc(C)n1C)NCCOc1ccccc1. The van der Waals surface area contributed by atoms with Crippen molar-refractivity contribution >= 4 is 5.96 Å². The third-order valence-electron chi connectivity index (χ3n) is 3.79. The van der Waals surface area contributed by atoms with Crippen molar-refractivity contribution in [2.75, 3.05) is 19.7 Å². The molecule has 0 aliphatic carbocycles. The Bertz CT molecular complexity index is 653. The molecule has 25 heavy (non-hydrogen) atoms. The van der Waals surface area contributed by atoms with Gasteiger partial charge in [-0.1, -0.05) is 31.5 Å². The van der Waals surface area contributed by atoms with Crippen molar-refractivity contribution in [2.24, 2.45) is 12.0 Å². The highest BCUT2D eigenvalue weighted by molar-refractivity contribution is 5.79. The summed E-state index contributed by atoms with van der Waals surface area (Å²) in [7, 11) is 1.95. The van der Waals surface area contributed by atoms with Crippen molar-refractivity contribution in [1.29, 1.82) is 0 Å². The normalized spacial score (nSPS) is 11.4. The van der Waals surface area contributed by atoms with Gasteiger partial charge in [-0.15, -0.1) is 10.2 Å². The lowest BCUT2D eigenvalue weighted by atomic mass is 10.3. The van der Waals surface area contributed by atoms with Gasteiger partial charge < -0.3 is 19.9 Å². The van der Waals surface area contributed by atoms with Crippen LogP contribution in [-0.4, -0.2) is 40.4 Å². The van der Waals surface area contributed by atoms with Crippen LogP contribution in [0.25, 0.3) is 0 Å². The van der Waals surface area contributed by atoms with Crippen molar-refractivity contribution in [1.82, 2.24) is 25.4 Å². The molecule has 7 heteroatoms. The van der Waals surface area contributed by atoms with Crippen molar-refractivity contribution in [3.8, 4) is 5.75 Å². The lowest BCUT2D eigenvalue weighted by molar-refractivity contribution is 0.322. The van der Waals surface area contributed by atoms with E-state index in [9.17, 15) is 0 Å². The van der Waals surface area contributed by atoms with E-state index in [0.717, 1.165) is 42.7 Å². The van der Waals surface area contributed by atoms with Crippen molar-refractivity contribution in [2.45, 2.75) is 33.2 Å². The van der Waals surface area contributed by atoms with Gasteiger partial charge in [0, 0.05) is 13.6 Å². The molecule has 0 aliphatic rings. The Morgan fingerprint density at radius 1 is 1.16 bits per heavy atom. The molecule has 0 saturated carbocycles. The van der Waals surface area contributed by atoms with Gasteiger partial charge in [-0.25, -0.2) is 4.99 Å². The molecule has 0 aliphatic heterocycles. The van der Waals surface area contributed by atoms with Crippen LogP contribution in [0.15, 0.2) is 35.3 Å². The summed E-state index contributed by atoms with van der Waals surface area (Å²) in [5.41, 5.74) is 0. The van der Waals surface area contributed by atoms with Crippen LogP contribution < -0.4 is 15.4 Å². The number of guanidine groups is 1. The number of unbranched alkanes of at least 4 members (excludes halogenated alkanes) is 1. The highest BCUT2D eigenvalue weighted by atomic mass is 16.5. The van der Waals surface area contributed by atoms with Crippen molar-refractivity contribution in [3.05, 3.63) is 42.0 Å². The molecule has 0 bridgehead atoms. The van der Waals surface area contributed by atoms with Gasteiger partial charge in [-0.05, 0) is 25.5 Å². The largest absolute Gasteiger partial charge is 0.492 e. The predicted molar refractivity (Wildman–Crippen MR) is 99.7 cm³/mol. The zero-order chi connectivity index (χ0) is 17.9. The van der Waals surface area contributed by atoms with Gasteiger partial charge in [0.1, 0.15) is 24.7 Å². The van der Waals surface area contributed by atoms with Crippen LogP contribution in [-0.2, 0) is 13.6 Å². The lowest BCUT2D eigenvalue weighted by Crippen LogP contribution is -2.40. The Kier molecular flexibility index (Phi) is 7.75. The first-order valence-electron chi connectivity index (χ1n) is 8.75. The molecule has 0 fully saturated rings. The summed E-state index contributed by atoms with van der Waals surface area (Å²) < 4.78 is 7.65. The van der Waals surface area contributed by atoms with Gasteiger partial charge in [0.15, 0.2) is 11.8 Å². The van der Waals surface area contributed by atoms with E-state index < -0.39 is 0 Å². The molecule has 1 heterocycles. The minimum Gasteiger partial charge on any atom is -0.492 e. The average Bonchev–Trinajstić information content (AvgIpc) is 2.95. The van der Waals surface area contributed by atoms with Crippen LogP contribution in [0.4, 0.5) is 0 Å².